The lowest BCUT2D eigenvalue weighted by Crippen LogP contribution is -1.99. The molecule has 0 aliphatic rings. The van der Waals surface area contributed by atoms with Gasteiger partial charge < -0.3 is 10.1 Å². The molecule has 0 radical (unpaired) electrons. The molecule has 1 N–H and O–H groups in total. The van der Waals surface area contributed by atoms with Crippen molar-refractivity contribution in [1.82, 2.24) is 0 Å². The van der Waals surface area contributed by atoms with E-state index >= 15 is 0 Å². The minimum atomic E-state index is 0.666. The molecule has 0 amide bonds. The van der Waals surface area contributed by atoms with Crippen molar-refractivity contribution in [3.63, 3.8) is 0 Å². The molecule has 0 unspecified atom stereocenters. The molecule has 0 bridgehead atoms. The van der Waals surface area contributed by atoms with E-state index in [-0.39, 0.29) is 0 Å². The summed E-state index contributed by atoms with van der Waals surface area (Å²) < 4.78 is 5.16. The monoisotopic (exact) mass is 278 g/mol. The zero-order valence-corrected chi connectivity index (χ0v) is 12.3. The minimum Gasteiger partial charge on any atom is -0.497 e. The molecule has 3 nitrogen and oxygen atoms in total. The molecule has 2 rings (SSSR count). The molecule has 106 valence electrons. The van der Waals surface area contributed by atoms with Crippen LogP contribution in [0.2, 0.25) is 0 Å². The highest BCUT2D eigenvalue weighted by atomic mass is 16.5. The smallest absolute Gasteiger partial charge is 0.119 e. The summed E-state index contributed by atoms with van der Waals surface area (Å²) in [6.07, 6.45) is 3.06. The van der Waals surface area contributed by atoms with E-state index in [4.69, 9.17) is 10.00 Å². The van der Waals surface area contributed by atoms with E-state index in [1.165, 1.54) is 0 Å². The summed E-state index contributed by atoms with van der Waals surface area (Å²) in [7, 11) is 1.65. The van der Waals surface area contributed by atoms with Crippen molar-refractivity contribution in [2.24, 2.45) is 0 Å². The van der Waals surface area contributed by atoms with Crippen LogP contribution in [0.3, 0.4) is 0 Å². The summed E-state index contributed by atoms with van der Waals surface area (Å²) in [5.41, 5.74) is 3.76. The van der Waals surface area contributed by atoms with Gasteiger partial charge in [-0.15, -0.1) is 0 Å². The quantitative estimate of drug-likeness (QED) is 0.880. The van der Waals surface area contributed by atoms with Crippen molar-refractivity contribution >= 4 is 11.4 Å². The first-order valence-corrected chi connectivity index (χ1v) is 6.88. The average Bonchev–Trinajstić information content (AvgIpc) is 2.55. The van der Waals surface area contributed by atoms with E-state index in [1.807, 2.05) is 48.5 Å². The van der Waals surface area contributed by atoms with Crippen molar-refractivity contribution in [1.29, 1.82) is 5.26 Å². The van der Waals surface area contributed by atoms with Gasteiger partial charge in [-0.2, -0.15) is 5.26 Å². The van der Waals surface area contributed by atoms with Gasteiger partial charge in [-0.1, -0.05) is 25.1 Å². The highest BCUT2D eigenvalue weighted by molar-refractivity contribution is 5.77. The van der Waals surface area contributed by atoms with Gasteiger partial charge in [-0.05, 0) is 48.4 Å². The fraction of sp³-hybridized carbons (Fsp3) is 0.167. The lowest BCUT2D eigenvalue weighted by molar-refractivity contribution is 0.415. The molecule has 0 spiro atoms. The maximum atomic E-state index is 8.86. The topological polar surface area (TPSA) is 45.0 Å². The molecule has 0 saturated carbocycles. The third kappa shape index (κ3) is 3.87. The van der Waals surface area contributed by atoms with Gasteiger partial charge in [0.05, 0.1) is 18.7 Å². The molecule has 2 aromatic rings. The number of anilines is 1. The summed E-state index contributed by atoms with van der Waals surface area (Å²) in [4.78, 5) is 0. The molecule has 3 heteroatoms. The Balaban J connectivity index is 2.22. The lowest BCUT2D eigenvalue weighted by atomic mass is 10.1. The summed E-state index contributed by atoms with van der Waals surface area (Å²) >= 11 is 0. The van der Waals surface area contributed by atoms with Crippen LogP contribution in [0, 0.1) is 11.3 Å². The van der Waals surface area contributed by atoms with Crippen LogP contribution in [0.4, 0.5) is 5.69 Å². The average molecular weight is 278 g/mol. The fourth-order valence-electron chi connectivity index (χ4n) is 2.00. The second kappa shape index (κ2) is 7.16. The standard InChI is InChI=1S/C18H18N2O/c1-3-4-18(15-7-5-14(13-19)6-8-15)20-16-9-11-17(21-2)12-10-16/h4-12,20H,3H2,1-2H3/b18-4-. The predicted octanol–water partition coefficient (Wildman–Crippen LogP) is 4.43. The molecule has 0 atom stereocenters. The van der Waals surface area contributed by atoms with Crippen LogP contribution in [0.1, 0.15) is 24.5 Å². The predicted molar refractivity (Wildman–Crippen MR) is 86.0 cm³/mol. The summed E-state index contributed by atoms with van der Waals surface area (Å²) in [5, 5.41) is 12.3. The van der Waals surface area contributed by atoms with Crippen LogP contribution in [0.15, 0.2) is 54.6 Å². The summed E-state index contributed by atoms with van der Waals surface area (Å²) in [6, 6.07) is 17.5. The van der Waals surface area contributed by atoms with E-state index in [0.29, 0.717) is 5.56 Å². The SMILES string of the molecule is CC/C=C(\Nc1ccc(OC)cc1)c1ccc(C#N)cc1. The largest absolute Gasteiger partial charge is 0.497 e. The Morgan fingerprint density at radius 1 is 1.14 bits per heavy atom. The highest BCUT2D eigenvalue weighted by Crippen LogP contribution is 2.22. The molecule has 0 aliphatic heterocycles. The number of rotatable bonds is 5. The Morgan fingerprint density at radius 3 is 2.33 bits per heavy atom. The van der Waals surface area contributed by atoms with Crippen molar-refractivity contribution in [2.45, 2.75) is 13.3 Å². The van der Waals surface area contributed by atoms with Crippen LogP contribution < -0.4 is 10.1 Å². The van der Waals surface area contributed by atoms with Crippen LogP contribution >= 0.6 is 0 Å². The Morgan fingerprint density at radius 2 is 1.81 bits per heavy atom. The van der Waals surface area contributed by atoms with Crippen molar-refractivity contribution < 1.29 is 4.74 Å². The third-order valence-corrected chi connectivity index (χ3v) is 3.10. The minimum absolute atomic E-state index is 0.666. The van der Waals surface area contributed by atoms with Gasteiger partial charge in [-0.25, -0.2) is 0 Å². The lowest BCUT2D eigenvalue weighted by Gasteiger charge is -2.12. The van der Waals surface area contributed by atoms with Gasteiger partial charge >= 0.3 is 0 Å². The number of methoxy groups -OCH3 is 1. The number of hydrogen-bond donors (Lipinski definition) is 1. The molecule has 0 saturated heterocycles. The third-order valence-electron chi connectivity index (χ3n) is 3.10. The number of nitriles is 1. The van der Waals surface area contributed by atoms with Crippen LogP contribution in [0.5, 0.6) is 5.75 Å². The number of benzene rings is 2. The number of nitrogens with zero attached hydrogens (tertiary/aromatic N) is 1. The summed E-state index contributed by atoms with van der Waals surface area (Å²) in [5.74, 6) is 0.833. The molecule has 0 heterocycles. The van der Waals surface area contributed by atoms with Gasteiger partial charge in [-0.3, -0.25) is 0 Å². The number of hydrogen-bond acceptors (Lipinski definition) is 3. The van der Waals surface area contributed by atoms with Crippen LogP contribution in [0.25, 0.3) is 5.70 Å². The second-order valence-electron chi connectivity index (χ2n) is 4.57. The molecular weight excluding hydrogens is 260 g/mol. The number of allylic oxidation sites excluding steroid dienone is 1. The first kappa shape index (κ1) is 14.7. The van der Waals surface area contributed by atoms with Crippen molar-refractivity contribution in [3.05, 3.63) is 65.7 Å². The molecule has 2 aromatic carbocycles. The van der Waals surface area contributed by atoms with Gasteiger partial charge in [0.2, 0.25) is 0 Å². The maximum Gasteiger partial charge on any atom is 0.119 e. The van der Waals surface area contributed by atoms with Crippen molar-refractivity contribution in [3.8, 4) is 11.8 Å². The Labute approximate surface area is 125 Å². The molecule has 21 heavy (non-hydrogen) atoms. The zero-order chi connectivity index (χ0) is 15.1. The Kier molecular flexibility index (Phi) is 5.00. The van der Waals surface area contributed by atoms with E-state index in [2.05, 4.69) is 24.4 Å². The number of nitrogens with one attached hydrogen (secondary N) is 1. The second-order valence-corrected chi connectivity index (χ2v) is 4.57. The first-order valence-electron chi connectivity index (χ1n) is 6.88. The molecule has 0 fully saturated rings. The van der Waals surface area contributed by atoms with Gasteiger partial charge in [0, 0.05) is 11.4 Å². The summed E-state index contributed by atoms with van der Waals surface area (Å²) in [6.45, 7) is 2.10. The van der Waals surface area contributed by atoms with Gasteiger partial charge in [0.15, 0.2) is 0 Å². The zero-order valence-electron chi connectivity index (χ0n) is 12.3. The molecule has 0 aliphatic carbocycles. The van der Waals surface area contributed by atoms with Crippen molar-refractivity contribution in [2.75, 3.05) is 12.4 Å². The van der Waals surface area contributed by atoms with Gasteiger partial charge in [0.25, 0.3) is 0 Å². The number of ether oxygens (including phenoxy) is 1. The maximum absolute atomic E-state index is 8.86. The Bertz CT molecular complexity index is 649. The van der Waals surface area contributed by atoms with E-state index < -0.39 is 0 Å². The molecular formula is C18H18N2O. The molecule has 0 aromatic heterocycles. The highest BCUT2D eigenvalue weighted by Gasteiger charge is 2.02. The first-order chi connectivity index (χ1) is 10.3. The van der Waals surface area contributed by atoms with E-state index in [9.17, 15) is 0 Å². The van der Waals surface area contributed by atoms with E-state index in [1.54, 1.807) is 7.11 Å². The van der Waals surface area contributed by atoms with Crippen LogP contribution in [-0.4, -0.2) is 7.11 Å². The normalized spacial score (nSPS) is 10.8. The van der Waals surface area contributed by atoms with E-state index in [0.717, 1.165) is 29.1 Å². The van der Waals surface area contributed by atoms with Gasteiger partial charge in [0.1, 0.15) is 5.75 Å². The Hall–Kier alpha value is -2.73. The fourth-order valence-corrected chi connectivity index (χ4v) is 2.00. The van der Waals surface area contributed by atoms with Crippen LogP contribution in [-0.2, 0) is 0 Å².